The maximum absolute atomic E-state index is 13.0. The number of carbonyl (C=O) groups is 1. The molecular weight excluding hydrogens is 456 g/mol. The molecule has 11 heteroatoms. The molecule has 4 rings (SSSR count). The third-order valence-corrected chi connectivity index (χ3v) is 5.92. The molecule has 2 aromatic heterocycles. The van der Waals surface area contributed by atoms with E-state index < -0.39 is 0 Å². The van der Waals surface area contributed by atoms with Crippen molar-refractivity contribution in [3.05, 3.63) is 64.8 Å². The van der Waals surface area contributed by atoms with Crippen LogP contribution in [-0.4, -0.2) is 52.1 Å². The minimum Gasteiger partial charge on any atom is -0.495 e. The van der Waals surface area contributed by atoms with Crippen molar-refractivity contribution >= 4 is 29.3 Å². The summed E-state index contributed by atoms with van der Waals surface area (Å²) in [6.45, 7) is 1.95. The monoisotopic (exact) mass is 482 g/mol. The van der Waals surface area contributed by atoms with E-state index in [2.05, 4.69) is 30.5 Å². The van der Waals surface area contributed by atoms with Gasteiger partial charge in [0.1, 0.15) is 23.0 Å². The Kier molecular flexibility index (Phi) is 7.71. The summed E-state index contributed by atoms with van der Waals surface area (Å²) in [5, 5.41) is 6.61. The Morgan fingerprint density at radius 2 is 2.09 bits per heavy atom. The van der Waals surface area contributed by atoms with Crippen LogP contribution in [0.25, 0.3) is 0 Å². The van der Waals surface area contributed by atoms with Crippen LogP contribution in [0.15, 0.2) is 42.9 Å². The third-order valence-electron chi connectivity index (χ3n) is 5.63. The van der Waals surface area contributed by atoms with E-state index in [-0.39, 0.29) is 18.5 Å². The number of hydrogen-bond donors (Lipinski definition) is 3. The topological polar surface area (TPSA) is 131 Å². The zero-order valence-electron chi connectivity index (χ0n) is 18.9. The van der Waals surface area contributed by atoms with Gasteiger partial charge in [-0.3, -0.25) is 4.79 Å². The fourth-order valence-corrected chi connectivity index (χ4v) is 4.12. The second kappa shape index (κ2) is 11.1. The van der Waals surface area contributed by atoms with Gasteiger partial charge in [-0.1, -0.05) is 17.7 Å². The first kappa shape index (κ1) is 23.7. The van der Waals surface area contributed by atoms with E-state index in [1.54, 1.807) is 37.8 Å². The van der Waals surface area contributed by atoms with Crippen LogP contribution in [0.2, 0.25) is 5.02 Å². The van der Waals surface area contributed by atoms with Crippen LogP contribution >= 0.6 is 11.6 Å². The summed E-state index contributed by atoms with van der Waals surface area (Å²) in [6.07, 6.45) is 6.81. The van der Waals surface area contributed by atoms with Crippen LogP contribution in [0.3, 0.4) is 0 Å². The van der Waals surface area contributed by atoms with Crippen molar-refractivity contribution in [3.8, 4) is 5.75 Å². The van der Waals surface area contributed by atoms with Gasteiger partial charge in [0.15, 0.2) is 0 Å². The number of methoxy groups -OCH3 is 1. The summed E-state index contributed by atoms with van der Waals surface area (Å²) in [7, 11) is 1.57. The van der Waals surface area contributed by atoms with Crippen LogP contribution in [0.1, 0.15) is 34.6 Å². The van der Waals surface area contributed by atoms with E-state index in [1.165, 1.54) is 0 Å². The fourth-order valence-electron chi connectivity index (χ4n) is 3.84. The Morgan fingerprint density at radius 1 is 1.26 bits per heavy atom. The van der Waals surface area contributed by atoms with Crippen LogP contribution < -0.4 is 26.0 Å². The second-order valence-corrected chi connectivity index (χ2v) is 8.23. The number of nitrogens with two attached hydrogens (primary N) is 1. The van der Waals surface area contributed by atoms with Crippen molar-refractivity contribution in [1.29, 1.82) is 0 Å². The van der Waals surface area contributed by atoms with Gasteiger partial charge in [0.2, 0.25) is 5.95 Å². The van der Waals surface area contributed by atoms with Crippen LogP contribution in [0.5, 0.6) is 5.75 Å². The van der Waals surface area contributed by atoms with Gasteiger partial charge >= 0.3 is 0 Å². The Labute approximate surface area is 202 Å². The van der Waals surface area contributed by atoms with Crippen LogP contribution in [-0.2, 0) is 13.1 Å². The third kappa shape index (κ3) is 5.52. The van der Waals surface area contributed by atoms with Gasteiger partial charge in [-0.15, -0.1) is 0 Å². The molecule has 1 aliphatic rings. The van der Waals surface area contributed by atoms with Gasteiger partial charge in [-0.2, -0.15) is 4.98 Å². The molecule has 1 atom stereocenters. The van der Waals surface area contributed by atoms with Crippen LogP contribution in [0, 0.1) is 0 Å². The summed E-state index contributed by atoms with van der Waals surface area (Å²) in [4.78, 5) is 32.5. The predicted octanol–water partition coefficient (Wildman–Crippen LogP) is 2.40. The largest absolute Gasteiger partial charge is 0.495 e. The average Bonchev–Trinajstić information content (AvgIpc) is 3.35. The van der Waals surface area contributed by atoms with Gasteiger partial charge in [0.25, 0.3) is 5.91 Å². The van der Waals surface area contributed by atoms with E-state index >= 15 is 0 Å². The van der Waals surface area contributed by atoms with Gasteiger partial charge in [-0.25, -0.2) is 15.0 Å². The Bertz CT molecular complexity index is 1130. The zero-order chi connectivity index (χ0) is 23.9. The smallest absolute Gasteiger partial charge is 0.256 e. The standard InChI is InChI=1S/C23H27ClN8O2/c1-34-19-6-5-15(10-18(19)24)12-28-21-17(22(33)29-14-20-26-7-3-8-27-20)13-30-23(31-21)32-9-2-4-16(32)11-25/h3,5-8,10,13,16H,2,4,9,11-12,14,25H2,1H3,(H,29,33)(H,28,30,31)/t16-/m0/s1. The number of amides is 1. The highest BCUT2D eigenvalue weighted by Crippen LogP contribution is 2.27. The number of halogens is 1. The van der Waals surface area contributed by atoms with E-state index in [1.807, 2.05) is 12.1 Å². The number of nitrogens with one attached hydrogen (secondary N) is 2. The lowest BCUT2D eigenvalue weighted by Gasteiger charge is -2.24. The summed E-state index contributed by atoms with van der Waals surface area (Å²) in [5.74, 6) is 1.75. The summed E-state index contributed by atoms with van der Waals surface area (Å²) < 4.78 is 5.22. The highest BCUT2D eigenvalue weighted by Gasteiger charge is 2.27. The Morgan fingerprint density at radius 3 is 2.82 bits per heavy atom. The van der Waals surface area contributed by atoms with Gasteiger partial charge in [0, 0.05) is 44.3 Å². The number of carbonyl (C=O) groups excluding carboxylic acids is 1. The zero-order valence-corrected chi connectivity index (χ0v) is 19.6. The molecule has 1 saturated heterocycles. The normalized spacial score (nSPS) is 15.3. The molecule has 0 saturated carbocycles. The molecule has 3 heterocycles. The lowest BCUT2D eigenvalue weighted by atomic mass is 10.2. The highest BCUT2D eigenvalue weighted by atomic mass is 35.5. The molecule has 0 aliphatic carbocycles. The van der Waals surface area contributed by atoms with Crippen molar-refractivity contribution in [3.63, 3.8) is 0 Å². The van der Waals surface area contributed by atoms with Crippen LogP contribution in [0.4, 0.5) is 11.8 Å². The molecule has 0 spiro atoms. The lowest BCUT2D eigenvalue weighted by molar-refractivity contribution is 0.0950. The van der Waals surface area contributed by atoms with Crippen molar-refractivity contribution in [2.45, 2.75) is 32.0 Å². The maximum Gasteiger partial charge on any atom is 0.256 e. The minimum atomic E-state index is -0.328. The number of nitrogens with zero attached hydrogens (tertiary/aromatic N) is 5. The Balaban J connectivity index is 1.56. The van der Waals surface area contributed by atoms with E-state index in [0.29, 0.717) is 47.0 Å². The quantitative estimate of drug-likeness (QED) is 0.420. The molecule has 1 amide bonds. The molecular formula is C23H27ClN8O2. The number of rotatable bonds is 9. The Hall–Kier alpha value is -3.50. The molecule has 1 fully saturated rings. The molecule has 0 radical (unpaired) electrons. The molecule has 34 heavy (non-hydrogen) atoms. The maximum atomic E-state index is 13.0. The van der Waals surface area contributed by atoms with Crippen molar-refractivity contribution < 1.29 is 9.53 Å². The molecule has 178 valence electrons. The molecule has 10 nitrogen and oxygen atoms in total. The molecule has 0 bridgehead atoms. The number of hydrogen-bond acceptors (Lipinski definition) is 9. The fraction of sp³-hybridized carbons (Fsp3) is 0.348. The summed E-state index contributed by atoms with van der Waals surface area (Å²) in [5.41, 5.74) is 7.17. The summed E-state index contributed by atoms with van der Waals surface area (Å²) >= 11 is 6.26. The minimum absolute atomic E-state index is 0.183. The first-order valence-corrected chi connectivity index (χ1v) is 11.4. The first-order chi connectivity index (χ1) is 16.6. The van der Waals surface area contributed by atoms with Gasteiger partial charge < -0.3 is 26.0 Å². The van der Waals surface area contributed by atoms with Crippen molar-refractivity contribution in [1.82, 2.24) is 25.3 Å². The van der Waals surface area contributed by atoms with E-state index in [0.717, 1.165) is 24.9 Å². The molecule has 1 aromatic carbocycles. The molecule has 1 aliphatic heterocycles. The number of anilines is 2. The summed E-state index contributed by atoms with van der Waals surface area (Å²) in [6, 6.07) is 7.42. The highest BCUT2D eigenvalue weighted by molar-refractivity contribution is 6.32. The predicted molar refractivity (Wildman–Crippen MR) is 130 cm³/mol. The molecule has 3 aromatic rings. The number of ether oxygens (including phenoxy) is 1. The lowest BCUT2D eigenvalue weighted by Crippen LogP contribution is -2.37. The average molecular weight is 483 g/mol. The van der Waals surface area contributed by atoms with Gasteiger partial charge in [0.05, 0.1) is 18.7 Å². The number of aromatic nitrogens is 4. The SMILES string of the molecule is COc1ccc(CNc2nc(N3CCC[C@H]3CN)ncc2C(=O)NCc2ncccn2)cc1Cl. The number of benzene rings is 1. The van der Waals surface area contributed by atoms with E-state index in [9.17, 15) is 4.79 Å². The first-order valence-electron chi connectivity index (χ1n) is 11.0. The van der Waals surface area contributed by atoms with Gasteiger partial charge in [-0.05, 0) is 36.6 Å². The second-order valence-electron chi connectivity index (χ2n) is 7.83. The van der Waals surface area contributed by atoms with Crippen molar-refractivity contribution in [2.24, 2.45) is 5.73 Å². The van der Waals surface area contributed by atoms with E-state index in [4.69, 9.17) is 27.1 Å². The molecule has 4 N–H and O–H groups in total. The van der Waals surface area contributed by atoms with Crippen molar-refractivity contribution in [2.75, 3.05) is 30.4 Å². The molecule has 0 unspecified atom stereocenters.